The SMILES string of the molecule is Cc1cccc2c(C(=O)O)cnn12. The number of rotatable bonds is 1. The molecule has 0 saturated carbocycles. The van der Waals surface area contributed by atoms with Crippen LogP contribution in [0.1, 0.15) is 16.1 Å². The zero-order chi connectivity index (χ0) is 9.42. The van der Waals surface area contributed by atoms with Crippen molar-refractivity contribution < 1.29 is 9.90 Å². The molecule has 0 aromatic carbocycles. The lowest BCUT2D eigenvalue weighted by Gasteiger charge is -1.97. The molecule has 0 fully saturated rings. The van der Waals surface area contributed by atoms with E-state index in [0.29, 0.717) is 5.52 Å². The Labute approximate surface area is 74.4 Å². The molecule has 0 atom stereocenters. The number of nitrogens with zero attached hydrogens (tertiary/aromatic N) is 2. The van der Waals surface area contributed by atoms with Gasteiger partial charge in [0.1, 0.15) is 5.56 Å². The Balaban J connectivity index is 2.83. The van der Waals surface area contributed by atoms with Gasteiger partial charge in [0.25, 0.3) is 0 Å². The smallest absolute Gasteiger partial charge is 0.339 e. The van der Waals surface area contributed by atoms with Gasteiger partial charge in [-0.1, -0.05) is 6.07 Å². The Bertz CT molecular complexity index is 473. The molecule has 66 valence electrons. The second-order valence-corrected chi connectivity index (χ2v) is 2.83. The van der Waals surface area contributed by atoms with E-state index >= 15 is 0 Å². The first-order valence-electron chi connectivity index (χ1n) is 3.87. The van der Waals surface area contributed by atoms with Crippen LogP contribution in [0.2, 0.25) is 0 Å². The fraction of sp³-hybridized carbons (Fsp3) is 0.111. The summed E-state index contributed by atoms with van der Waals surface area (Å²) in [5, 5.41) is 12.8. The van der Waals surface area contributed by atoms with Crippen LogP contribution in [0.5, 0.6) is 0 Å². The largest absolute Gasteiger partial charge is 0.478 e. The van der Waals surface area contributed by atoms with E-state index in [-0.39, 0.29) is 5.56 Å². The summed E-state index contributed by atoms with van der Waals surface area (Å²) in [6.07, 6.45) is 1.37. The number of aryl methyl sites for hydroxylation is 1. The molecule has 0 aliphatic heterocycles. The summed E-state index contributed by atoms with van der Waals surface area (Å²) in [4.78, 5) is 10.7. The minimum absolute atomic E-state index is 0.240. The van der Waals surface area contributed by atoms with Crippen molar-refractivity contribution in [3.63, 3.8) is 0 Å². The number of aromatic carboxylic acids is 1. The first-order chi connectivity index (χ1) is 6.20. The molecular formula is C9H8N2O2. The van der Waals surface area contributed by atoms with Crippen LogP contribution in [0.3, 0.4) is 0 Å². The van der Waals surface area contributed by atoms with Gasteiger partial charge in [0.2, 0.25) is 0 Å². The summed E-state index contributed by atoms with van der Waals surface area (Å²) in [5.41, 5.74) is 1.79. The van der Waals surface area contributed by atoms with Crippen molar-refractivity contribution in [2.45, 2.75) is 6.92 Å². The van der Waals surface area contributed by atoms with Gasteiger partial charge in [0.15, 0.2) is 0 Å². The Morgan fingerprint density at radius 3 is 3.00 bits per heavy atom. The fourth-order valence-electron chi connectivity index (χ4n) is 1.31. The average Bonchev–Trinajstić information content (AvgIpc) is 2.48. The van der Waals surface area contributed by atoms with E-state index in [2.05, 4.69) is 5.10 Å². The van der Waals surface area contributed by atoms with Gasteiger partial charge in [-0.2, -0.15) is 5.10 Å². The molecule has 2 rings (SSSR count). The molecule has 2 aromatic heterocycles. The number of pyridine rings is 1. The molecule has 0 radical (unpaired) electrons. The molecule has 13 heavy (non-hydrogen) atoms. The highest BCUT2D eigenvalue weighted by Crippen LogP contribution is 2.11. The molecule has 4 nitrogen and oxygen atoms in total. The summed E-state index contributed by atoms with van der Waals surface area (Å²) in [7, 11) is 0. The first-order valence-corrected chi connectivity index (χ1v) is 3.87. The molecule has 0 spiro atoms. The molecule has 1 N–H and O–H groups in total. The lowest BCUT2D eigenvalue weighted by Crippen LogP contribution is -1.96. The first kappa shape index (κ1) is 7.79. The maximum atomic E-state index is 10.7. The molecule has 0 saturated heterocycles. The third-order valence-electron chi connectivity index (χ3n) is 1.96. The Kier molecular flexibility index (Phi) is 1.55. The van der Waals surface area contributed by atoms with Crippen LogP contribution in [0.4, 0.5) is 0 Å². The number of carboxylic acid groups (broad SMARTS) is 1. The molecule has 4 heteroatoms. The second-order valence-electron chi connectivity index (χ2n) is 2.83. The van der Waals surface area contributed by atoms with Crippen LogP contribution in [0, 0.1) is 6.92 Å². The van der Waals surface area contributed by atoms with Gasteiger partial charge in [-0.25, -0.2) is 9.31 Å². The highest BCUT2D eigenvalue weighted by atomic mass is 16.4. The van der Waals surface area contributed by atoms with Gasteiger partial charge in [-0.15, -0.1) is 0 Å². The molecule has 0 unspecified atom stereocenters. The molecule has 0 bridgehead atoms. The van der Waals surface area contributed by atoms with Gasteiger partial charge >= 0.3 is 5.97 Å². The number of aromatic nitrogens is 2. The van der Waals surface area contributed by atoms with Crippen molar-refractivity contribution in [2.24, 2.45) is 0 Å². The standard InChI is InChI=1S/C9H8N2O2/c1-6-3-2-4-8-7(9(12)13)5-10-11(6)8/h2-5H,1H3,(H,12,13). The third-order valence-corrected chi connectivity index (χ3v) is 1.96. The van der Waals surface area contributed by atoms with E-state index in [1.807, 2.05) is 19.1 Å². The van der Waals surface area contributed by atoms with Gasteiger partial charge in [-0.05, 0) is 19.1 Å². The minimum atomic E-state index is -0.944. The van der Waals surface area contributed by atoms with Gasteiger partial charge < -0.3 is 5.11 Å². The van der Waals surface area contributed by atoms with Crippen LogP contribution < -0.4 is 0 Å². The zero-order valence-corrected chi connectivity index (χ0v) is 7.06. The molecule has 0 aliphatic carbocycles. The molecule has 2 aromatic rings. The predicted molar refractivity (Wildman–Crippen MR) is 46.9 cm³/mol. The van der Waals surface area contributed by atoms with Gasteiger partial charge in [0, 0.05) is 5.69 Å². The molecular weight excluding hydrogens is 168 g/mol. The third kappa shape index (κ3) is 1.07. The molecule has 0 aliphatic rings. The van der Waals surface area contributed by atoms with E-state index in [1.54, 1.807) is 10.6 Å². The minimum Gasteiger partial charge on any atom is -0.478 e. The normalized spacial score (nSPS) is 10.5. The number of carboxylic acids is 1. The van der Waals surface area contributed by atoms with Crippen molar-refractivity contribution in [3.05, 3.63) is 35.7 Å². The van der Waals surface area contributed by atoms with Crippen LogP contribution in [0.25, 0.3) is 5.52 Å². The summed E-state index contributed by atoms with van der Waals surface area (Å²) in [6, 6.07) is 5.44. The second kappa shape index (κ2) is 2.58. The number of hydrogen-bond acceptors (Lipinski definition) is 2. The van der Waals surface area contributed by atoms with Gasteiger partial charge in [-0.3, -0.25) is 0 Å². The quantitative estimate of drug-likeness (QED) is 0.713. The molecule has 0 amide bonds. The summed E-state index contributed by atoms with van der Waals surface area (Å²) in [6.45, 7) is 1.88. The Hall–Kier alpha value is -1.84. The van der Waals surface area contributed by atoms with Crippen molar-refractivity contribution in [2.75, 3.05) is 0 Å². The van der Waals surface area contributed by atoms with Crippen LogP contribution in [0.15, 0.2) is 24.4 Å². The van der Waals surface area contributed by atoms with Crippen LogP contribution in [-0.4, -0.2) is 20.7 Å². The molecule has 2 heterocycles. The van der Waals surface area contributed by atoms with E-state index in [1.165, 1.54) is 6.20 Å². The topological polar surface area (TPSA) is 54.6 Å². The highest BCUT2D eigenvalue weighted by molar-refractivity contribution is 5.95. The van der Waals surface area contributed by atoms with Crippen molar-refractivity contribution in [1.29, 1.82) is 0 Å². The number of carbonyl (C=O) groups is 1. The summed E-state index contributed by atoms with van der Waals surface area (Å²) in [5.74, 6) is -0.944. The van der Waals surface area contributed by atoms with Gasteiger partial charge in [0.05, 0.1) is 11.7 Å². The van der Waals surface area contributed by atoms with Crippen LogP contribution >= 0.6 is 0 Å². The maximum Gasteiger partial charge on any atom is 0.339 e. The summed E-state index contributed by atoms with van der Waals surface area (Å²) < 4.78 is 1.61. The Morgan fingerprint density at radius 2 is 2.31 bits per heavy atom. The van der Waals surface area contributed by atoms with E-state index in [4.69, 9.17) is 5.11 Å². The lowest BCUT2D eigenvalue weighted by molar-refractivity contribution is 0.0699. The number of hydrogen-bond donors (Lipinski definition) is 1. The van der Waals surface area contributed by atoms with E-state index in [9.17, 15) is 4.79 Å². The zero-order valence-electron chi connectivity index (χ0n) is 7.06. The van der Waals surface area contributed by atoms with Crippen LogP contribution in [-0.2, 0) is 0 Å². The average molecular weight is 176 g/mol. The van der Waals surface area contributed by atoms with Crippen molar-refractivity contribution in [1.82, 2.24) is 9.61 Å². The maximum absolute atomic E-state index is 10.7. The fourth-order valence-corrected chi connectivity index (χ4v) is 1.31. The lowest BCUT2D eigenvalue weighted by atomic mass is 10.2. The van der Waals surface area contributed by atoms with E-state index < -0.39 is 5.97 Å². The van der Waals surface area contributed by atoms with Crippen molar-refractivity contribution >= 4 is 11.5 Å². The predicted octanol–water partition coefficient (Wildman–Crippen LogP) is 1.34. The van der Waals surface area contributed by atoms with Crippen molar-refractivity contribution in [3.8, 4) is 0 Å². The van der Waals surface area contributed by atoms with E-state index in [0.717, 1.165) is 5.69 Å². The monoisotopic (exact) mass is 176 g/mol. The highest BCUT2D eigenvalue weighted by Gasteiger charge is 2.10. The number of fused-ring (bicyclic) bond motifs is 1. The summed E-state index contributed by atoms with van der Waals surface area (Å²) >= 11 is 0. The Morgan fingerprint density at radius 1 is 1.54 bits per heavy atom.